The predicted octanol–water partition coefficient (Wildman–Crippen LogP) is -1.99. The SMILES string of the molecule is CNC(=O)C(C)O[C@H]1C(O)[C@@H](CO)O[C@H]1n1cccnc1=O. The van der Waals surface area contributed by atoms with Gasteiger partial charge in [-0.3, -0.25) is 9.36 Å². The molecule has 1 saturated heterocycles. The first kappa shape index (κ1) is 16.6. The molecule has 22 heavy (non-hydrogen) atoms. The molecule has 2 heterocycles. The number of nitrogens with zero attached hydrogens (tertiary/aromatic N) is 2. The molecule has 0 spiro atoms. The Morgan fingerprint density at radius 2 is 2.36 bits per heavy atom. The third kappa shape index (κ3) is 3.17. The average molecular weight is 313 g/mol. The van der Waals surface area contributed by atoms with Crippen LogP contribution in [0.25, 0.3) is 0 Å². The van der Waals surface area contributed by atoms with E-state index in [0.717, 1.165) is 4.57 Å². The minimum Gasteiger partial charge on any atom is -0.394 e. The van der Waals surface area contributed by atoms with Crippen molar-refractivity contribution in [1.29, 1.82) is 0 Å². The van der Waals surface area contributed by atoms with Crippen LogP contribution >= 0.6 is 0 Å². The van der Waals surface area contributed by atoms with Crippen molar-refractivity contribution in [3.8, 4) is 0 Å². The molecule has 1 aromatic rings. The van der Waals surface area contributed by atoms with Gasteiger partial charge in [0.15, 0.2) is 6.23 Å². The number of rotatable bonds is 5. The monoisotopic (exact) mass is 313 g/mol. The summed E-state index contributed by atoms with van der Waals surface area (Å²) >= 11 is 0. The molecular weight excluding hydrogens is 294 g/mol. The second-order valence-corrected chi connectivity index (χ2v) is 4.90. The lowest BCUT2D eigenvalue weighted by Crippen LogP contribution is -2.43. The van der Waals surface area contributed by atoms with Gasteiger partial charge in [0.25, 0.3) is 0 Å². The molecule has 0 aromatic carbocycles. The summed E-state index contributed by atoms with van der Waals surface area (Å²) in [7, 11) is 1.46. The van der Waals surface area contributed by atoms with E-state index < -0.39 is 42.9 Å². The second-order valence-electron chi connectivity index (χ2n) is 4.90. The fraction of sp³-hybridized carbons (Fsp3) is 0.615. The molecule has 2 rings (SSSR count). The van der Waals surface area contributed by atoms with Crippen LogP contribution in [0, 0.1) is 0 Å². The lowest BCUT2D eigenvalue weighted by molar-refractivity contribution is -0.144. The standard InChI is InChI=1S/C13H19N3O6/c1-7(11(19)14-2)21-10-9(18)8(6-17)22-12(10)16-5-3-4-15-13(16)20/h3-5,7-10,12,17-18H,6H2,1-2H3,(H,14,19)/t7?,8-,9?,10+,12-/m1/s1. The van der Waals surface area contributed by atoms with Gasteiger partial charge in [0.1, 0.15) is 24.4 Å². The zero-order valence-corrected chi connectivity index (χ0v) is 12.2. The van der Waals surface area contributed by atoms with Gasteiger partial charge in [-0.05, 0) is 13.0 Å². The molecule has 3 N–H and O–H groups in total. The van der Waals surface area contributed by atoms with Crippen molar-refractivity contribution in [3.63, 3.8) is 0 Å². The van der Waals surface area contributed by atoms with Crippen LogP contribution in [-0.2, 0) is 14.3 Å². The van der Waals surface area contributed by atoms with Crippen LogP contribution in [0.15, 0.2) is 23.3 Å². The molecule has 5 atom stereocenters. The first-order chi connectivity index (χ1) is 10.5. The number of ether oxygens (including phenoxy) is 2. The van der Waals surface area contributed by atoms with Crippen molar-refractivity contribution in [2.75, 3.05) is 13.7 Å². The molecule has 122 valence electrons. The van der Waals surface area contributed by atoms with Gasteiger partial charge >= 0.3 is 5.69 Å². The Labute approximate surface area is 126 Å². The molecule has 1 fully saturated rings. The first-order valence-corrected chi connectivity index (χ1v) is 6.84. The van der Waals surface area contributed by atoms with Crippen LogP contribution in [0.1, 0.15) is 13.2 Å². The molecule has 2 unspecified atom stereocenters. The number of carbonyl (C=O) groups excluding carboxylic acids is 1. The molecule has 0 radical (unpaired) electrons. The summed E-state index contributed by atoms with van der Waals surface area (Å²) < 4.78 is 12.2. The number of amides is 1. The topological polar surface area (TPSA) is 123 Å². The molecule has 0 saturated carbocycles. The summed E-state index contributed by atoms with van der Waals surface area (Å²) in [6.45, 7) is 1.07. The lowest BCUT2D eigenvalue weighted by Gasteiger charge is -2.24. The van der Waals surface area contributed by atoms with E-state index in [2.05, 4.69) is 10.3 Å². The van der Waals surface area contributed by atoms with E-state index in [1.807, 2.05) is 0 Å². The maximum atomic E-state index is 11.8. The van der Waals surface area contributed by atoms with Crippen LogP contribution < -0.4 is 11.0 Å². The van der Waals surface area contributed by atoms with Gasteiger partial charge in [-0.25, -0.2) is 9.78 Å². The summed E-state index contributed by atoms with van der Waals surface area (Å²) in [5.74, 6) is -0.378. The van der Waals surface area contributed by atoms with E-state index in [1.54, 1.807) is 0 Å². The minimum absolute atomic E-state index is 0.378. The van der Waals surface area contributed by atoms with Crippen molar-refractivity contribution in [1.82, 2.24) is 14.9 Å². The van der Waals surface area contributed by atoms with Gasteiger partial charge in [-0.2, -0.15) is 0 Å². The molecule has 9 heteroatoms. The van der Waals surface area contributed by atoms with Crippen molar-refractivity contribution < 1.29 is 24.5 Å². The number of aliphatic hydroxyl groups excluding tert-OH is 2. The summed E-state index contributed by atoms with van der Waals surface area (Å²) in [4.78, 5) is 27.0. The van der Waals surface area contributed by atoms with Crippen LogP contribution in [0.2, 0.25) is 0 Å². The Balaban J connectivity index is 2.28. The number of likely N-dealkylation sites (N-methyl/N-ethyl adjacent to an activating group) is 1. The van der Waals surface area contributed by atoms with Gasteiger partial charge in [0.05, 0.1) is 6.61 Å². The Morgan fingerprint density at radius 3 is 2.95 bits per heavy atom. The van der Waals surface area contributed by atoms with E-state index in [-0.39, 0.29) is 5.91 Å². The summed E-state index contributed by atoms with van der Waals surface area (Å²) in [6, 6.07) is 1.53. The molecule has 0 aliphatic carbocycles. The molecular formula is C13H19N3O6. The molecule has 0 bridgehead atoms. The normalized spacial score (nSPS) is 29.3. The van der Waals surface area contributed by atoms with E-state index >= 15 is 0 Å². The van der Waals surface area contributed by atoms with Gasteiger partial charge in [0.2, 0.25) is 5.91 Å². The molecule has 1 amide bonds. The minimum atomic E-state index is -1.19. The molecule has 9 nitrogen and oxygen atoms in total. The number of nitrogens with one attached hydrogen (secondary N) is 1. The zero-order chi connectivity index (χ0) is 16.3. The molecule has 1 aromatic heterocycles. The number of hydrogen-bond donors (Lipinski definition) is 3. The largest absolute Gasteiger partial charge is 0.394 e. The van der Waals surface area contributed by atoms with E-state index in [9.17, 15) is 19.8 Å². The predicted molar refractivity (Wildman–Crippen MR) is 73.9 cm³/mol. The third-order valence-corrected chi connectivity index (χ3v) is 3.48. The smallest absolute Gasteiger partial charge is 0.349 e. The highest BCUT2D eigenvalue weighted by Gasteiger charge is 2.46. The quantitative estimate of drug-likeness (QED) is 0.575. The Morgan fingerprint density at radius 1 is 1.64 bits per heavy atom. The highest BCUT2D eigenvalue weighted by molar-refractivity contribution is 5.79. The van der Waals surface area contributed by atoms with Gasteiger partial charge in [-0.1, -0.05) is 0 Å². The van der Waals surface area contributed by atoms with E-state index in [0.29, 0.717) is 0 Å². The number of carbonyl (C=O) groups is 1. The van der Waals surface area contributed by atoms with Crippen LogP contribution in [0.4, 0.5) is 0 Å². The Kier molecular flexibility index (Phi) is 5.24. The highest BCUT2D eigenvalue weighted by Crippen LogP contribution is 2.31. The van der Waals surface area contributed by atoms with Crippen LogP contribution in [0.5, 0.6) is 0 Å². The zero-order valence-electron chi connectivity index (χ0n) is 12.2. The van der Waals surface area contributed by atoms with Gasteiger partial charge < -0.3 is 25.0 Å². The van der Waals surface area contributed by atoms with Gasteiger partial charge in [-0.15, -0.1) is 0 Å². The van der Waals surface area contributed by atoms with Crippen molar-refractivity contribution in [2.24, 2.45) is 0 Å². The van der Waals surface area contributed by atoms with Crippen molar-refractivity contribution >= 4 is 5.91 Å². The second kappa shape index (κ2) is 6.97. The maximum absolute atomic E-state index is 11.8. The first-order valence-electron chi connectivity index (χ1n) is 6.84. The Hall–Kier alpha value is -1.81. The maximum Gasteiger partial charge on any atom is 0.349 e. The number of hydrogen-bond acceptors (Lipinski definition) is 7. The number of aliphatic hydroxyl groups is 2. The van der Waals surface area contributed by atoms with Gasteiger partial charge in [0, 0.05) is 19.4 Å². The molecule has 1 aliphatic heterocycles. The molecule has 1 aliphatic rings. The fourth-order valence-electron chi connectivity index (χ4n) is 2.30. The summed E-state index contributed by atoms with van der Waals surface area (Å²) in [5, 5.41) is 21.9. The van der Waals surface area contributed by atoms with Crippen molar-refractivity contribution in [2.45, 2.75) is 37.6 Å². The summed E-state index contributed by atoms with van der Waals surface area (Å²) in [5.41, 5.74) is -0.584. The van der Waals surface area contributed by atoms with E-state index in [4.69, 9.17) is 9.47 Å². The van der Waals surface area contributed by atoms with Crippen LogP contribution in [0.3, 0.4) is 0 Å². The van der Waals surface area contributed by atoms with E-state index in [1.165, 1.54) is 32.4 Å². The average Bonchev–Trinajstić information content (AvgIpc) is 2.83. The lowest BCUT2D eigenvalue weighted by atomic mass is 10.1. The van der Waals surface area contributed by atoms with Crippen LogP contribution in [-0.4, -0.2) is 63.7 Å². The third-order valence-electron chi connectivity index (χ3n) is 3.48. The number of aromatic nitrogens is 2. The summed E-state index contributed by atoms with van der Waals surface area (Å²) in [6.07, 6.45) is -2.18. The Bertz CT molecular complexity index is 577. The fourth-order valence-corrected chi connectivity index (χ4v) is 2.30. The van der Waals surface area contributed by atoms with Crippen molar-refractivity contribution in [3.05, 3.63) is 28.9 Å². The highest BCUT2D eigenvalue weighted by atomic mass is 16.6.